The summed E-state index contributed by atoms with van der Waals surface area (Å²) in [6.45, 7) is 11.9. The van der Waals surface area contributed by atoms with E-state index in [9.17, 15) is 0 Å². The third-order valence-electron chi connectivity index (χ3n) is 2.67. The van der Waals surface area contributed by atoms with E-state index >= 15 is 0 Å². The van der Waals surface area contributed by atoms with Crippen molar-refractivity contribution in [2.24, 2.45) is 0 Å². The van der Waals surface area contributed by atoms with Crippen molar-refractivity contribution in [2.75, 3.05) is 0 Å². The second-order valence-electron chi connectivity index (χ2n) is 4.93. The van der Waals surface area contributed by atoms with E-state index in [2.05, 4.69) is 32.7 Å². The summed E-state index contributed by atoms with van der Waals surface area (Å²) >= 11 is 0. The van der Waals surface area contributed by atoms with Crippen LogP contribution in [0.15, 0.2) is 0 Å². The van der Waals surface area contributed by atoms with Crippen LogP contribution >= 0.6 is 30.0 Å². The van der Waals surface area contributed by atoms with Crippen molar-refractivity contribution in [1.29, 1.82) is 0 Å². The van der Waals surface area contributed by atoms with E-state index in [1.807, 2.05) is 0 Å². The van der Waals surface area contributed by atoms with Gasteiger partial charge in [0.05, 0.1) is 0 Å². The fourth-order valence-electron chi connectivity index (χ4n) is 0.766. The molecule has 12 heavy (non-hydrogen) atoms. The van der Waals surface area contributed by atoms with Gasteiger partial charge in [-0.25, -0.2) is 0 Å². The molecule has 0 heterocycles. The van der Waals surface area contributed by atoms with Gasteiger partial charge < -0.3 is 0 Å². The molecule has 0 saturated carbocycles. The molecule has 0 radical (unpaired) electrons. The Kier molecular flexibility index (Phi) is 4.79. The van der Waals surface area contributed by atoms with Gasteiger partial charge >= 0.3 is 93.3 Å². The summed E-state index contributed by atoms with van der Waals surface area (Å²) in [5.41, 5.74) is 0. The molecule has 0 aromatic carbocycles. The molecule has 0 aromatic heterocycles. The van der Waals surface area contributed by atoms with Crippen molar-refractivity contribution >= 4 is 55.7 Å². The first-order chi connectivity index (χ1) is 4.96. The van der Waals surface area contributed by atoms with Crippen LogP contribution in [0.4, 0.5) is 0 Å². The van der Waals surface area contributed by atoms with E-state index in [1.54, 1.807) is 0 Å². The Labute approximate surface area is 92.7 Å². The summed E-state index contributed by atoms with van der Waals surface area (Å²) in [5, 5.41) is 0. The fraction of sp³-hybridized carbons (Fsp3) is 1.00. The van der Waals surface area contributed by atoms with Gasteiger partial charge in [-0.05, 0) is 0 Å². The van der Waals surface area contributed by atoms with Gasteiger partial charge in [0.1, 0.15) is 0 Å². The van der Waals surface area contributed by atoms with E-state index in [-0.39, 0.29) is 0 Å². The predicted octanol–water partition coefficient (Wildman–Crippen LogP) is 4.31. The zero-order chi connectivity index (χ0) is 10.2. The maximum absolute atomic E-state index is 6.00. The second-order valence-corrected chi connectivity index (χ2v) is 40.0. The molecule has 0 aliphatic rings. The minimum atomic E-state index is -2.86. The molecule has 6 heteroatoms. The van der Waals surface area contributed by atoms with Crippen molar-refractivity contribution < 1.29 is 0 Å². The average molecular weight is 324 g/mol. The molecule has 0 fully saturated rings. The van der Waals surface area contributed by atoms with Crippen molar-refractivity contribution in [3.63, 3.8) is 0 Å². The van der Waals surface area contributed by atoms with Crippen molar-refractivity contribution in [3.8, 4) is 0 Å². The fourth-order valence-corrected chi connectivity index (χ4v) is 45.2. The molecule has 0 spiro atoms. The Morgan fingerprint density at radius 1 is 0.917 bits per heavy atom. The standard InChI is InChI=1S/C6H17Cl3GeSi2/c1-11(2,3)12(4,5)6-10(7,8)9/h6H2,1-5H3. The topological polar surface area (TPSA) is 0 Å². The zero-order valence-corrected chi connectivity index (χ0v) is 14.7. The van der Waals surface area contributed by atoms with E-state index in [1.165, 1.54) is 0 Å². The first-order valence-corrected chi connectivity index (χ1v) is 21.5. The Morgan fingerprint density at radius 3 is 1.33 bits per heavy atom. The Morgan fingerprint density at radius 2 is 1.25 bits per heavy atom. The van der Waals surface area contributed by atoms with Gasteiger partial charge in [0.15, 0.2) is 0 Å². The Balaban J connectivity index is 4.44. The third-order valence-corrected chi connectivity index (χ3v) is 37.3. The van der Waals surface area contributed by atoms with Gasteiger partial charge in [-0.1, -0.05) is 0 Å². The Bertz CT molecular complexity index is 159. The second kappa shape index (κ2) is 4.15. The molecule has 0 bridgehead atoms. The molecular weight excluding hydrogens is 307 g/mol. The average Bonchev–Trinajstić information content (AvgIpc) is 1.52. The van der Waals surface area contributed by atoms with E-state index in [0.29, 0.717) is 0 Å². The Hall–Kier alpha value is 1.85. The van der Waals surface area contributed by atoms with E-state index in [0.717, 1.165) is 4.88 Å². The van der Waals surface area contributed by atoms with Crippen LogP contribution in [-0.4, -0.2) is 25.7 Å². The summed E-state index contributed by atoms with van der Waals surface area (Å²) in [7, 11) is 12.9. The van der Waals surface area contributed by atoms with Gasteiger partial charge in [0.2, 0.25) is 0 Å². The van der Waals surface area contributed by atoms with Crippen LogP contribution in [0.2, 0.25) is 37.6 Å². The monoisotopic (exact) mass is 324 g/mol. The normalized spacial score (nSPS) is 15.0. The molecule has 0 nitrogen and oxygen atoms in total. The number of hydrogen-bond donors (Lipinski definition) is 0. The van der Waals surface area contributed by atoms with Crippen molar-refractivity contribution in [3.05, 3.63) is 0 Å². The SMILES string of the molecule is C[Si](C)(C)[Si](C)(C)[CH2][Ge]([Cl])([Cl])[Cl]. The van der Waals surface area contributed by atoms with Crippen LogP contribution in [-0.2, 0) is 0 Å². The number of hydrogen-bond acceptors (Lipinski definition) is 0. The molecule has 0 saturated heterocycles. The molecule has 74 valence electrons. The number of halogens is 3. The summed E-state index contributed by atoms with van der Waals surface area (Å²) in [4.78, 5) is 0.966. The molecule has 0 aromatic rings. The molecule has 0 aliphatic carbocycles. The van der Waals surface area contributed by atoms with Crippen LogP contribution in [0.25, 0.3) is 0 Å². The third kappa shape index (κ3) is 4.91. The number of rotatable bonds is 3. The van der Waals surface area contributed by atoms with Crippen LogP contribution < -0.4 is 0 Å². The zero-order valence-electron chi connectivity index (χ0n) is 8.34. The van der Waals surface area contributed by atoms with Gasteiger partial charge in [-0.15, -0.1) is 0 Å². The van der Waals surface area contributed by atoms with Crippen LogP contribution in [0.1, 0.15) is 0 Å². The van der Waals surface area contributed by atoms with Gasteiger partial charge in [0, 0.05) is 0 Å². The molecule has 0 N–H and O–H groups in total. The summed E-state index contributed by atoms with van der Waals surface area (Å²) in [5.74, 6) is 0. The summed E-state index contributed by atoms with van der Waals surface area (Å²) in [6, 6.07) is 0. The molecule has 0 rings (SSSR count). The van der Waals surface area contributed by atoms with Crippen molar-refractivity contribution in [2.45, 2.75) is 37.6 Å². The molecule has 0 amide bonds. The van der Waals surface area contributed by atoms with Gasteiger partial charge in [-0.2, -0.15) is 0 Å². The predicted molar refractivity (Wildman–Crippen MR) is 68.9 cm³/mol. The van der Waals surface area contributed by atoms with Crippen molar-refractivity contribution in [1.82, 2.24) is 0 Å². The summed E-state index contributed by atoms with van der Waals surface area (Å²) < 4.78 is 0. The first-order valence-electron chi connectivity index (χ1n) is 4.02. The van der Waals surface area contributed by atoms with E-state index in [4.69, 9.17) is 30.0 Å². The van der Waals surface area contributed by atoms with Crippen LogP contribution in [0.5, 0.6) is 0 Å². The summed E-state index contributed by atoms with van der Waals surface area (Å²) in [6.07, 6.45) is 0. The first kappa shape index (κ1) is 13.8. The molecular formula is C6H17Cl3GeSi2. The maximum atomic E-state index is 6.00. The van der Waals surface area contributed by atoms with Gasteiger partial charge in [0.25, 0.3) is 0 Å². The minimum absolute atomic E-state index is 0.966. The van der Waals surface area contributed by atoms with Crippen LogP contribution in [0.3, 0.4) is 0 Å². The molecule has 0 unspecified atom stereocenters. The van der Waals surface area contributed by atoms with Crippen LogP contribution in [0, 0.1) is 0 Å². The molecule has 0 aliphatic heterocycles. The van der Waals surface area contributed by atoms with Gasteiger partial charge in [-0.3, -0.25) is 0 Å². The molecule has 0 atom stereocenters. The van der Waals surface area contributed by atoms with E-state index < -0.39 is 25.7 Å². The quantitative estimate of drug-likeness (QED) is 0.679.